The standard InChI is InChI=1S/C30H38N4O6S/c1-20-6-9-24(27(35)34-15-12-23(13-16-34)22-10-7-21(19-31)8-11-22)18-26(20)33-29(37)32-25(14-17-41(5,38)39)28(36)40-30(2,3)4/h6-11,18,23,25H,12-17H2,1-5H3,(H2,32,33,37)/t25-/m0/s1. The summed E-state index contributed by atoms with van der Waals surface area (Å²) in [6.45, 7) is 7.99. The summed E-state index contributed by atoms with van der Waals surface area (Å²) >= 11 is 0. The lowest BCUT2D eigenvalue weighted by Crippen LogP contribution is -2.46. The van der Waals surface area contributed by atoms with Gasteiger partial charge in [-0.25, -0.2) is 18.0 Å². The van der Waals surface area contributed by atoms with Crippen molar-refractivity contribution in [2.45, 2.75) is 64.5 Å². The summed E-state index contributed by atoms with van der Waals surface area (Å²) in [5.41, 5.74) is 2.48. The number of ether oxygens (including phenoxy) is 1. The summed E-state index contributed by atoms with van der Waals surface area (Å²) < 4.78 is 28.7. The fourth-order valence-corrected chi connectivity index (χ4v) is 5.25. The lowest BCUT2D eigenvalue weighted by molar-refractivity contribution is -0.157. The molecular weight excluding hydrogens is 544 g/mol. The van der Waals surface area contributed by atoms with Crippen LogP contribution in [-0.2, 0) is 19.4 Å². The molecule has 2 N–H and O–H groups in total. The van der Waals surface area contributed by atoms with Crippen molar-refractivity contribution >= 4 is 33.4 Å². The first-order chi connectivity index (χ1) is 19.1. The van der Waals surface area contributed by atoms with Crippen molar-refractivity contribution in [3.05, 3.63) is 64.7 Å². The van der Waals surface area contributed by atoms with Gasteiger partial charge in [0.15, 0.2) is 0 Å². The Kier molecular flexibility index (Phi) is 10.2. The zero-order chi connectivity index (χ0) is 30.4. The maximum Gasteiger partial charge on any atom is 0.329 e. The van der Waals surface area contributed by atoms with E-state index < -0.39 is 33.5 Å². The number of rotatable bonds is 8. The molecule has 0 aromatic heterocycles. The molecule has 1 saturated heterocycles. The van der Waals surface area contributed by atoms with Gasteiger partial charge in [-0.3, -0.25) is 4.79 Å². The number of amides is 3. The van der Waals surface area contributed by atoms with Gasteiger partial charge in [-0.15, -0.1) is 0 Å². The maximum atomic E-state index is 13.3. The molecule has 0 unspecified atom stereocenters. The predicted octanol–water partition coefficient (Wildman–Crippen LogP) is 4.15. The molecule has 1 fully saturated rings. The number of aryl methyl sites for hydroxylation is 1. The maximum absolute atomic E-state index is 13.3. The van der Waals surface area contributed by atoms with Crippen LogP contribution in [0, 0.1) is 18.3 Å². The summed E-state index contributed by atoms with van der Waals surface area (Å²) in [6.07, 6.45) is 2.52. The van der Waals surface area contributed by atoms with Crippen molar-refractivity contribution in [3.63, 3.8) is 0 Å². The van der Waals surface area contributed by atoms with Crippen molar-refractivity contribution in [1.29, 1.82) is 5.26 Å². The summed E-state index contributed by atoms with van der Waals surface area (Å²) in [4.78, 5) is 40.6. The van der Waals surface area contributed by atoms with E-state index in [0.29, 0.717) is 41.4 Å². The predicted molar refractivity (Wildman–Crippen MR) is 156 cm³/mol. The first-order valence-electron chi connectivity index (χ1n) is 13.5. The average molecular weight is 583 g/mol. The molecule has 0 spiro atoms. The molecule has 11 heteroatoms. The number of likely N-dealkylation sites (tertiary alicyclic amines) is 1. The summed E-state index contributed by atoms with van der Waals surface area (Å²) in [5.74, 6) is -0.874. The van der Waals surface area contributed by atoms with E-state index in [1.807, 2.05) is 24.3 Å². The SMILES string of the molecule is Cc1ccc(C(=O)N2CCC(c3ccc(C#N)cc3)CC2)cc1NC(=O)N[C@@H](CCS(C)(=O)=O)C(=O)OC(C)(C)C. The average Bonchev–Trinajstić information content (AvgIpc) is 2.90. The molecule has 1 aliphatic heterocycles. The first-order valence-corrected chi connectivity index (χ1v) is 15.6. The molecule has 10 nitrogen and oxygen atoms in total. The van der Waals surface area contributed by atoms with Gasteiger partial charge in [0, 0.05) is 30.6 Å². The first kappa shape index (κ1) is 31.6. The molecule has 220 valence electrons. The van der Waals surface area contributed by atoms with Crippen molar-refractivity contribution < 1.29 is 27.5 Å². The minimum Gasteiger partial charge on any atom is -0.458 e. The molecule has 3 amide bonds. The number of benzene rings is 2. The highest BCUT2D eigenvalue weighted by Crippen LogP contribution is 2.29. The highest BCUT2D eigenvalue weighted by molar-refractivity contribution is 7.90. The van der Waals surface area contributed by atoms with E-state index in [2.05, 4.69) is 16.7 Å². The lowest BCUT2D eigenvalue weighted by Gasteiger charge is -2.32. The number of nitriles is 1. The van der Waals surface area contributed by atoms with E-state index in [9.17, 15) is 22.8 Å². The summed E-state index contributed by atoms with van der Waals surface area (Å²) in [6, 6.07) is 12.8. The van der Waals surface area contributed by atoms with Crippen LogP contribution in [0.5, 0.6) is 0 Å². The van der Waals surface area contributed by atoms with Gasteiger partial charge in [0.2, 0.25) is 0 Å². The van der Waals surface area contributed by atoms with E-state index in [0.717, 1.165) is 24.7 Å². The van der Waals surface area contributed by atoms with Crippen LogP contribution in [-0.4, -0.2) is 68.0 Å². The van der Waals surface area contributed by atoms with E-state index in [4.69, 9.17) is 10.00 Å². The molecule has 2 aromatic rings. The Hall–Kier alpha value is -3.91. The van der Waals surface area contributed by atoms with Gasteiger partial charge in [0.05, 0.1) is 17.4 Å². The number of urea groups is 1. The molecule has 1 aliphatic rings. The lowest BCUT2D eigenvalue weighted by atomic mass is 9.89. The monoisotopic (exact) mass is 582 g/mol. The third kappa shape index (κ3) is 9.60. The molecule has 0 bridgehead atoms. The number of esters is 1. The van der Waals surface area contributed by atoms with Crippen LogP contribution in [0.15, 0.2) is 42.5 Å². The second-order valence-corrected chi connectivity index (χ2v) is 13.7. The third-order valence-electron chi connectivity index (χ3n) is 6.80. The third-order valence-corrected chi connectivity index (χ3v) is 7.78. The fraction of sp³-hybridized carbons (Fsp3) is 0.467. The highest BCUT2D eigenvalue weighted by atomic mass is 32.2. The van der Waals surface area contributed by atoms with E-state index >= 15 is 0 Å². The smallest absolute Gasteiger partial charge is 0.329 e. The van der Waals surface area contributed by atoms with E-state index in [1.165, 1.54) is 0 Å². The van der Waals surface area contributed by atoms with Crippen LogP contribution in [0.25, 0.3) is 0 Å². The van der Waals surface area contributed by atoms with Gasteiger partial charge in [0.25, 0.3) is 5.91 Å². The van der Waals surface area contributed by atoms with Gasteiger partial charge in [0.1, 0.15) is 21.5 Å². The van der Waals surface area contributed by atoms with Crippen molar-refractivity contribution in [1.82, 2.24) is 10.2 Å². The molecule has 2 aromatic carbocycles. The highest BCUT2D eigenvalue weighted by Gasteiger charge is 2.28. The Bertz CT molecular complexity index is 1420. The summed E-state index contributed by atoms with van der Waals surface area (Å²) in [7, 11) is -3.38. The summed E-state index contributed by atoms with van der Waals surface area (Å²) in [5, 5.41) is 14.2. The second kappa shape index (κ2) is 13.2. The number of piperidine rings is 1. The van der Waals surface area contributed by atoms with Crippen LogP contribution in [0.1, 0.15) is 73.0 Å². The number of carbonyl (C=O) groups excluding carboxylic acids is 3. The largest absolute Gasteiger partial charge is 0.458 e. The van der Waals surface area contributed by atoms with Crippen LogP contribution in [0.4, 0.5) is 10.5 Å². The number of nitrogens with zero attached hydrogens (tertiary/aromatic N) is 2. The number of anilines is 1. The normalized spacial score (nSPS) is 15.0. The number of carbonyl (C=O) groups is 3. The van der Waals surface area contributed by atoms with Gasteiger partial charge in [-0.05, 0) is 88.3 Å². The Morgan fingerprint density at radius 2 is 1.73 bits per heavy atom. The Labute approximate surface area is 242 Å². The zero-order valence-corrected chi connectivity index (χ0v) is 25.0. The minimum absolute atomic E-state index is 0.142. The van der Waals surface area contributed by atoms with Crippen molar-refractivity contribution in [2.75, 3.05) is 30.4 Å². The molecule has 1 atom stereocenters. The van der Waals surface area contributed by atoms with E-state index in [-0.39, 0.29) is 18.1 Å². The second-order valence-electron chi connectivity index (χ2n) is 11.4. The number of nitrogens with one attached hydrogen (secondary N) is 2. The molecule has 3 rings (SSSR count). The van der Waals surface area contributed by atoms with Crippen LogP contribution < -0.4 is 10.6 Å². The molecule has 0 aliphatic carbocycles. The zero-order valence-electron chi connectivity index (χ0n) is 24.2. The number of hydrogen-bond acceptors (Lipinski definition) is 7. The van der Waals surface area contributed by atoms with Gasteiger partial charge < -0.3 is 20.3 Å². The van der Waals surface area contributed by atoms with E-state index in [1.54, 1.807) is 50.8 Å². The van der Waals surface area contributed by atoms with Crippen LogP contribution in [0.3, 0.4) is 0 Å². The van der Waals surface area contributed by atoms with Crippen LogP contribution >= 0.6 is 0 Å². The Morgan fingerprint density at radius 3 is 2.29 bits per heavy atom. The molecule has 41 heavy (non-hydrogen) atoms. The number of hydrogen-bond donors (Lipinski definition) is 2. The van der Waals surface area contributed by atoms with Crippen molar-refractivity contribution in [2.24, 2.45) is 0 Å². The molecular formula is C30H38N4O6S. The quantitative estimate of drug-likeness (QED) is 0.445. The number of sulfone groups is 1. The Morgan fingerprint density at radius 1 is 1.10 bits per heavy atom. The Balaban J connectivity index is 1.65. The van der Waals surface area contributed by atoms with Gasteiger partial charge >= 0.3 is 12.0 Å². The fourth-order valence-electron chi connectivity index (χ4n) is 4.59. The molecule has 1 heterocycles. The molecule has 0 radical (unpaired) electrons. The topological polar surface area (TPSA) is 146 Å². The van der Waals surface area contributed by atoms with Gasteiger partial charge in [-0.2, -0.15) is 5.26 Å². The van der Waals surface area contributed by atoms with Crippen LogP contribution in [0.2, 0.25) is 0 Å². The van der Waals surface area contributed by atoms with Gasteiger partial charge in [-0.1, -0.05) is 18.2 Å². The minimum atomic E-state index is -3.38. The molecule has 0 saturated carbocycles. The van der Waals surface area contributed by atoms with Crippen molar-refractivity contribution in [3.8, 4) is 6.07 Å².